The van der Waals surface area contributed by atoms with Gasteiger partial charge in [0.1, 0.15) is 11.4 Å². The van der Waals surface area contributed by atoms with Crippen molar-refractivity contribution in [2.45, 2.75) is 38.8 Å². The lowest BCUT2D eigenvalue weighted by molar-refractivity contribution is 0.0395. The van der Waals surface area contributed by atoms with Crippen LogP contribution in [-0.2, 0) is 12.1 Å². The molecule has 33 heavy (non-hydrogen) atoms. The van der Waals surface area contributed by atoms with Gasteiger partial charge in [-0.2, -0.15) is 5.10 Å². The van der Waals surface area contributed by atoms with E-state index in [4.69, 9.17) is 9.72 Å². The second-order valence-electron chi connectivity index (χ2n) is 8.53. The molecule has 5 rings (SSSR count). The predicted octanol–water partition coefficient (Wildman–Crippen LogP) is 4.29. The van der Waals surface area contributed by atoms with E-state index in [0.717, 1.165) is 46.8 Å². The monoisotopic (exact) mass is 441 g/mol. The van der Waals surface area contributed by atoms with Crippen LogP contribution in [0.5, 0.6) is 5.75 Å². The fourth-order valence-electron chi connectivity index (χ4n) is 4.33. The molecule has 0 bridgehead atoms. The smallest absolute Gasteiger partial charge is 0.174 e. The molecule has 0 saturated carbocycles. The molecule has 2 aromatic carbocycles. The Morgan fingerprint density at radius 1 is 1.09 bits per heavy atom. The van der Waals surface area contributed by atoms with E-state index < -0.39 is 5.60 Å². The van der Waals surface area contributed by atoms with Gasteiger partial charge in [0.05, 0.1) is 24.8 Å². The second kappa shape index (κ2) is 8.33. The zero-order chi connectivity index (χ0) is 23.0. The maximum Gasteiger partial charge on any atom is 0.174 e. The van der Waals surface area contributed by atoms with Crippen molar-refractivity contribution in [1.29, 1.82) is 0 Å². The van der Waals surface area contributed by atoms with Gasteiger partial charge < -0.3 is 14.4 Å². The summed E-state index contributed by atoms with van der Waals surface area (Å²) in [5.74, 6) is 1.92. The minimum absolute atomic E-state index is 0.575. The third kappa shape index (κ3) is 3.96. The van der Waals surface area contributed by atoms with E-state index in [1.807, 2.05) is 83.9 Å². The van der Waals surface area contributed by atoms with E-state index in [1.165, 1.54) is 0 Å². The number of rotatable bonds is 5. The van der Waals surface area contributed by atoms with Crippen molar-refractivity contribution in [3.63, 3.8) is 0 Å². The highest BCUT2D eigenvalue weighted by Crippen LogP contribution is 2.36. The quantitative estimate of drug-likeness (QED) is 0.500. The maximum absolute atomic E-state index is 11.5. The molecule has 1 unspecified atom stereocenters. The Bertz CT molecular complexity index is 1320. The number of aliphatic hydroxyl groups is 1. The van der Waals surface area contributed by atoms with E-state index in [9.17, 15) is 5.11 Å². The zero-order valence-corrected chi connectivity index (χ0v) is 19.1. The van der Waals surface area contributed by atoms with Crippen LogP contribution in [-0.4, -0.2) is 36.5 Å². The van der Waals surface area contributed by atoms with Crippen molar-refractivity contribution >= 4 is 12.2 Å². The minimum atomic E-state index is -1.13. The van der Waals surface area contributed by atoms with E-state index in [0.29, 0.717) is 18.1 Å². The molecule has 4 aromatic rings. The average molecular weight is 442 g/mol. The molecular formula is C26H27N5O2. The van der Waals surface area contributed by atoms with Gasteiger partial charge in [0.15, 0.2) is 11.6 Å². The van der Waals surface area contributed by atoms with Crippen LogP contribution in [0.2, 0.25) is 0 Å². The van der Waals surface area contributed by atoms with Crippen LogP contribution in [0.4, 0.5) is 0 Å². The number of hydrogen-bond acceptors (Lipinski definition) is 5. The van der Waals surface area contributed by atoms with Crippen LogP contribution in [0.15, 0.2) is 55.0 Å². The molecule has 0 fully saturated rings. The molecule has 0 spiro atoms. The lowest BCUT2D eigenvalue weighted by Gasteiger charge is -2.31. The predicted molar refractivity (Wildman–Crippen MR) is 127 cm³/mol. The number of benzene rings is 2. The van der Waals surface area contributed by atoms with Crippen molar-refractivity contribution in [3.8, 4) is 11.4 Å². The Morgan fingerprint density at radius 3 is 2.64 bits per heavy atom. The summed E-state index contributed by atoms with van der Waals surface area (Å²) in [6.45, 7) is 4.74. The van der Waals surface area contributed by atoms with E-state index in [1.54, 1.807) is 13.4 Å². The van der Waals surface area contributed by atoms with E-state index in [-0.39, 0.29) is 0 Å². The van der Waals surface area contributed by atoms with Crippen LogP contribution >= 0.6 is 0 Å². The first-order valence-corrected chi connectivity index (χ1v) is 11.1. The molecule has 0 saturated heterocycles. The summed E-state index contributed by atoms with van der Waals surface area (Å²) in [4.78, 5) is 8.99. The molecule has 3 heterocycles. The molecule has 1 atom stereocenters. The molecule has 7 nitrogen and oxygen atoms in total. The Kier molecular flexibility index (Phi) is 5.34. The number of fused-ring (bicyclic) bond motifs is 1. The zero-order valence-electron chi connectivity index (χ0n) is 19.1. The summed E-state index contributed by atoms with van der Waals surface area (Å²) in [7, 11) is 1.66. The molecule has 0 amide bonds. The van der Waals surface area contributed by atoms with Gasteiger partial charge in [-0.25, -0.2) is 14.6 Å². The summed E-state index contributed by atoms with van der Waals surface area (Å²) in [5, 5.41) is 16.2. The lowest BCUT2D eigenvalue weighted by atomic mass is 9.86. The minimum Gasteiger partial charge on any atom is -0.495 e. The first-order valence-electron chi connectivity index (χ1n) is 11.1. The van der Waals surface area contributed by atoms with Crippen LogP contribution in [0.25, 0.3) is 17.8 Å². The van der Waals surface area contributed by atoms with Crippen molar-refractivity contribution in [3.05, 3.63) is 89.0 Å². The SMILES string of the molecule is COc1cc(/C=C/c2nc3n(n2)CCCC3(O)c2ccc(C)cc2)ccc1-n1cnc(C)c1. The van der Waals surface area contributed by atoms with E-state index >= 15 is 0 Å². The number of methoxy groups -OCH3 is 1. The Balaban J connectivity index is 1.43. The topological polar surface area (TPSA) is 78.0 Å². The molecule has 1 aliphatic rings. The van der Waals surface area contributed by atoms with Crippen molar-refractivity contribution in [1.82, 2.24) is 24.3 Å². The highest BCUT2D eigenvalue weighted by Gasteiger charge is 2.39. The molecule has 2 aromatic heterocycles. The molecule has 0 aliphatic carbocycles. The molecule has 7 heteroatoms. The number of aromatic nitrogens is 5. The third-order valence-electron chi connectivity index (χ3n) is 6.11. The summed E-state index contributed by atoms with van der Waals surface area (Å²) in [6, 6.07) is 14.0. The second-order valence-corrected chi connectivity index (χ2v) is 8.53. The van der Waals surface area contributed by atoms with Crippen molar-refractivity contribution in [2.75, 3.05) is 7.11 Å². The van der Waals surface area contributed by atoms with Gasteiger partial charge in [0.2, 0.25) is 0 Å². The number of ether oxygens (including phenoxy) is 1. The third-order valence-corrected chi connectivity index (χ3v) is 6.11. The number of hydrogen-bond donors (Lipinski definition) is 1. The molecule has 1 aliphatic heterocycles. The van der Waals surface area contributed by atoms with Gasteiger partial charge >= 0.3 is 0 Å². The number of aryl methyl sites for hydroxylation is 3. The molecule has 0 radical (unpaired) electrons. The molecular weight excluding hydrogens is 414 g/mol. The van der Waals surface area contributed by atoms with Crippen LogP contribution < -0.4 is 4.74 Å². The first kappa shape index (κ1) is 21.2. The molecule has 1 N–H and O–H groups in total. The van der Waals surface area contributed by atoms with Crippen LogP contribution in [0.3, 0.4) is 0 Å². The normalized spacial score (nSPS) is 17.9. The standard InChI is InChI=1S/C26H27N5O2/c1-18-5-9-21(10-6-18)26(32)13-4-14-31-25(26)28-24(29-31)12-8-20-7-11-22(23(15-20)33-3)30-16-19(2)27-17-30/h5-12,15-17,32H,4,13-14H2,1-3H3/b12-8+. The number of imidazole rings is 1. The lowest BCUT2D eigenvalue weighted by Crippen LogP contribution is -2.35. The summed E-state index contributed by atoms with van der Waals surface area (Å²) in [5.41, 5.74) is 3.73. The largest absolute Gasteiger partial charge is 0.495 e. The fourth-order valence-corrected chi connectivity index (χ4v) is 4.33. The van der Waals surface area contributed by atoms with Gasteiger partial charge in [0, 0.05) is 12.7 Å². The Labute approximate surface area is 193 Å². The maximum atomic E-state index is 11.5. The Morgan fingerprint density at radius 2 is 1.91 bits per heavy atom. The van der Waals surface area contributed by atoms with Crippen molar-refractivity contribution < 1.29 is 9.84 Å². The summed E-state index contributed by atoms with van der Waals surface area (Å²) >= 11 is 0. The van der Waals surface area contributed by atoms with Gasteiger partial charge in [-0.05, 0) is 56.0 Å². The van der Waals surface area contributed by atoms with Crippen LogP contribution in [0.1, 0.15) is 46.9 Å². The van der Waals surface area contributed by atoms with Crippen molar-refractivity contribution in [2.24, 2.45) is 0 Å². The van der Waals surface area contributed by atoms with Gasteiger partial charge in [-0.15, -0.1) is 0 Å². The average Bonchev–Trinajstić information content (AvgIpc) is 3.45. The van der Waals surface area contributed by atoms with E-state index in [2.05, 4.69) is 10.1 Å². The first-order chi connectivity index (χ1) is 16.0. The Hall–Kier alpha value is -3.71. The molecule has 168 valence electrons. The number of nitrogens with zero attached hydrogens (tertiary/aromatic N) is 5. The highest BCUT2D eigenvalue weighted by atomic mass is 16.5. The van der Waals surface area contributed by atoms with Crippen LogP contribution in [0, 0.1) is 13.8 Å². The highest BCUT2D eigenvalue weighted by molar-refractivity contribution is 5.69. The van der Waals surface area contributed by atoms with Gasteiger partial charge in [-0.1, -0.05) is 42.0 Å². The van der Waals surface area contributed by atoms with Gasteiger partial charge in [0.25, 0.3) is 0 Å². The van der Waals surface area contributed by atoms with Gasteiger partial charge in [-0.3, -0.25) is 0 Å². The summed E-state index contributed by atoms with van der Waals surface area (Å²) in [6.07, 6.45) is 9.04. The fraction of sp³-hybridized carbons (Fsp3) is 0.269. The summed E-state index contributed by atoms with van der Waals surface area (Å²) < 4.78 is 9.37.